The highest BCUT2D eigenvalue weighted by molar-refractivity contribution is 6.07. The molecule has 4 amide bonds. The highest BCUT2D eigenvalue weighted by Gasteiger charge is 2.54. The third kappa shape index (κ3) is 3.95. The molecule has 0 unspecified atom stereocenters. The summed E-state index contributed by atoms with van der Waals surface area (Å²) in [4.78, 5) is 44.6. The molecule has 162 valence electrons. The molecule has 3 fully saturated rings. The van der Waals surface area contributed by atoms with Crippen LogP contribution in [0.4, 0.5) is 4.79 Å². The number of carbonyl (C=O) groups is 3. The number of likely N-dealkylation sites (tertiary alicyclic amines) is 2. The summed E-state index contributed by atoms with van der Waals surface area (Å²) in [7, 11) is 0. The number of urea groups is 1. The maximum Gasteiger partial charge on any atom is 0.325 e. The fraction of sp³-hybridized carbons (Fsp3) is 0.609. The Morgan fingerprint density at radius 1 is 1.13 bits per heavy atom. The van der Waals surface area contributed by atoms with E-state index in [-0.39, 0.29) is 23.9 Å². The van der Waals surface area contributed by atoms with E-state index in [0.29, 0.717) is 38.4 Å². The van der Waals surface area contributed by atoms with Gasteiger partial charge in [0.15, 0.2) is 0 Å². The first-order chi connectivity index (χ1) is 14.4. The second kappa shape index (κ2) is 8.38. The Balaban J connectivity index is 1.41. The maximum atomic E-state index is 13.4. The quantitative estimate of drug-likeness (QED) is 0.768. The number of nitrogens with zero attached hydrogens (tertiary/aromatic N) is 3. The van der Waals surface area contributed by atoms with Crippen molar-refractivity contribution in [3.8, 4) is 0 Å². The topological polar surface area (TPSA) is 73.0 Å². The van der Waals surface area contributed by atoms with E-state index >= 15 is 0 Å². The summed E-state index contributed by atoms with van der Waals surface area (Å²) >= 11 is 0. The normalized spacial score (nSPS) is 24.6. The van der Waals surface area contributed by atoms with Gasteiger partial charge in [0, 0.05) is 32.2 Å². The Morgan fingerprint density at radius 3 is 2.50 bits per heavy atom. The first kappa shape index (κ1) is 20.8. The van der Waals surface area contributed by atoms with Gasteiger partial charge in [0.2, 0.25) is 5.91 Å². The highest BCUT2D eigenvalue weighted by Crippen LogP contribution is 2.33. The van der Waals surface area contributed by atoms with Gasteiger partial charge in [-0.1, -0.05) is 30.3 Å². The number of piperidine rings is 2. The number of imide groups is 1. The molecule has 3 saturated heterocycles. The van der Waals surface area contributed by atoms with Gasteiger partial charge in [-0.3, -0.25) is 14.5 Å². The van der Waals surface area contributed by atoms with Crippen molar-refractivity contribution in [2.24, 2.45) is 0 Å². The molecule has 0 aromatic heterocycles. The monoisotopic (exact) mass is 412 g/mol. The van der Waals surface area contributed by atoms with Crippen LogP contribution in [0, 0.1) is 0 Å². The van der Waals surface area contributed by atoms with E-state index in [4.69, 9.17) is 0 Å². The number of hydrogen-bond acceptors (Lipinski definition) is 4. The van der Waals surface area contributed by atoms with Gasteiger partial charge in [-0.05, 0) is 45.1 Å². The van der Waals surface area contributed by atoms with Crippen LogP contribution in [-0.4, -0.2) is 76.3 Å². The molecule has 0 aliphatic carbocycles. The zero-order valence-corrected chi connectivity index (χ0v) is 18.0. The molecule has 1 aromatic rings. The minimum atomic E-state index is -0.765. The lowest BCUT2D eigenvalue weighted by Crippen LogP contribution is -2.57. The summed E-state index contributed by atoms with van der Waals surface area (Å²) in [6, 6.07) is 9.59. The van der Waals surface area contributed by atoms with E-state index in [9.17, 15) is 14.4 Å². The van der Waals surface area contributed by atoms with Gasteiger partial charge >= 0.3 is 6.03 Å². The molecule has 3 aliphatic rings. The first-order valence-corrected chi connectivity index (χ1v) is 11.1. The van der Waals surface area contributed by atoms with Crippen LogP contribution < -0.4 is 5.32 Å². The van der Waals surface area contributed by atoms with Crippen LogP contribution >= 0.6 is 0 Å². The summed E-state index contributed by atoms with van der Waals surface area (Å²) < 4.78 is 0. The largest absolute Gasteiger partial charge is 0.340 e. The van der Waals surface area contributed by atoms with Gasteiger partial charge in [-0.2, -0.15) is 0 Å². The van der Waals surface area contributed by atoms with Gasteiger partial charge in [0.25, 0.3) is 5.91 Å². The summed E-state index contributed by atoms with van der Waals surface area (Å²) in [5.41, 5.74) is 0.217. The van der Waals surface area contributed by atoms with Crippen molar-refractivity contribution in [2.75, 3.05) is 26.2 Å². The third-order valence-corrected chi connectivity index (χ3v) is 6.89. The number of amides is 4. The van der Waals surface area contributed by atoms with Crippen molar-refractivity contribution in [3.63, 3.8) is 0 Å². The minimum absolute atomic E-state index is 0.0536. The predicted molar refractivity (Wildman–Crippen MR) is 114 cm³/mol. The Kier molecular flexibility index (Phi) is 5.82. The molecule has 4 rings (SSSR count). The molecule has 0 bridgehead atoms. The van der Waals surface area contributed by atoms with Crippen molar-refractivity contribution in [1.29, 1.82) is 0 Å². The van der Waals surface area contributed by atoms with E-state index in [0.717, 1.165) is 31.5 Å². The molecule has 7 nitrogen and oxygen atoms in total. The second-order valence-corrected chi connectivity index (χ2v) is 9.12. The van der Waals surface area contributed by atoms with E-state index in [1.54, 1.807) is 0 Å². The van der Waals surface area contributed by atoms with E-state index in [1.165, 1.54) is 4.90 Å². The molecule has 3 heterocycles. The second-order valence-electron chi connectivity index (χ2n) is 9.12. The van der Waals surface area contributed by atoms with Crippen LogP contribution in [0.15, 0.2) is 30.3 Å². The maximum absolute atomic E-state index is 13.4. The van der Waals surface area contributed by atoms with Crippen LogP contribution in [-0.2, 0) is 16.0 Å². The lowest BCUT2D eigenvalue weighted by Gasteiger charge is -2.40. The van der Waals surface area contributed by atoms with E-state index in [2.05, 4.69) is 24.1 Å². The molecule has 0 radical (unpaired) electrons. The number of nitrogens with one attached hydrogen (secondary N) is 1. The Labute approximate surface area is 178 Å². The molecular weight excluding hydrogens is 380 g/mol. The SMILES string of the molecule is CC(C)N1CCC2(CC1)NC(=O)N([C@@H]1CCCN(C(=O)Cc3ccccc3)C1)C2=O. The molecular formula is C23H32N4O3. The predicted octanol–water partition coefficient (Wildman–Crippen LogP) is 2.01. The molecule has 7 heteroatoms. The average Bonchev–Trinajstić information content (AvgIpc) is 2.98. The fourth-order valence-electron chi connectivity index (χ4n) is 5.01. The molecule has 1 spiro atoms. The van der Waals surface area contributed by atoms with Crippen LogP contribution in [0.5, 0.6) is 0 Å². The van der Waals surface area contributed by atoms with Crippen molar-refractivity contribution in [2.45, 2.75) is 63.6 Å². The summed E-state index contributed by atoms with van der Waals surface area (Å²) in [6.45, 7) is 7.04. The molecule has 1 atom stereocenters. The molecule has 1 N–H and O–H groups in total. The van der Waals surface area contributed by atoms with Gasteiger partial charge in [-0.15, -0.1) is 0 Å². The fourth-order valence-corrected chi connectivity index (χ4v) is 5.01. The third-order valence-electron chi connectivity index (χ3n) is 6.89. The van der Waals surface area contributed by atoms with Gasteiger partial charge in [-0.25, -0.2) is 4.79 Å². The summed E-state index contributed by atoms with van der Waals surface area (Å²) in [5.74, 6) is -0.0452. The van der Waals surface area contributed by atoms with Gasteiger partial charge in [0.05, 0.1) is 12.5 Å². The number of benzene rings is 1. The van der Waals surface area contributed by atoms with Crippen LogP contribution in [0.25, 0.3) is 0 Å². The number of rotatable bonds is 4. The standard InChI is InChI=1S/C23H32N4O3/c1-17(2)25-13-10-23(11-14-25)21(29)27(22(30)24-23)19-9-6-12-26(16-19)20(28)15-18-7-4-3-5-8-18/h3-5,7-8,17,19H,6,9-16H2,1-2H3,(H,24,30)/t19-/m1/s1. The van der Waals surface area contributed by atoms with E-state index in [1.807, 2.05) is 35.2 Å². The molecule has 0 saturated carbocycles. The van der Waals surface area contributed by atoms with Gasteiger partial charge in [0.1, 0.15) is 5.54 Å². The zero-order chi connectivity index (χ0) is 21.3. The summed E-state index contributed by atoms with van der Waals surface area (Å²) in [6.07, 6.45) is 3.20. The first-order valence-electron chi connectivity index (χ1n) is 11.1. The number of hydrogen-bond donors (Lipinski definition) is 1. The zero-order valence-electron chi connectivity index (χ0n) is 18.0. The van der Waals surface area contributed by atoms with Crippen LogP contribution in [0.2, 0.25) is 0 Å². The summed E-state index contributed by atoms with van der Waals surface area (Å²) in [5, 5.41) is 3.02. The Bertz CT molecular complexity index is 802. The highest BCUT2D eigenvalue weighted by atomic mass is 16.2. The Morgan fingerprint density at radius 2 is 1.83 bits per heavy atom. The van der Waals surface area contributed by atoms with Crippen molar-refractivity contribution >= 4 is 17.8 Å². The molecule has 30 heavy (non-hydrogen) atoms. The minimum Gasteiger partial charge on any atom is -0.340 e. The smallest absolute Gasteiger partial charge is 0.325 e. The Hall–Kier alpha value is -2.41. The lowest BCUT2D eigenvalue weighted by molar-refractivity contribution is -0.139. The molecule has 3 aliphatic heterocycles. The number of carbonyl (C=O) groups excluding carboxylic acids is 3. The van der Waals surface area contributed by atoms with Gasteiger partial charge < -0.3 is 15.1 Å². The molecule has 1 aromatic carbocycles. The average molecular weight is 413 g/mol. The van der Waals surface area contributed by atoms with Crippen molar-refractivity contribution in [3.05, 3.63) is 35.9 Å². The lowest BCUT2D eigenvalue weighted by atomic mass is 9.86. The van der Waals surface area contributed by atoms with Crippen molar-refractivity contribution < 1.29 is 14.4 Å². The van der Waals surface area contributed by atoms with E-state index < -0.39 is 5.54 Å². The van der Waals surface area contributed by atoms with Crippen LogP contribution in [0.3, 0.4) is 0 Å². The van der Waals surface area contributed by atoms with Crippen LogP contribution in [0.1, 0.15) is 45.1 Å². The van der Waals surface area contributed by atoms with Crippen molar-refractivity contribution in [1.82, 2.24) is 20.0 Å².